The summed E-state index contributed by atoms with van der Waals surface area (Å²) in [5, 5.41) is 9.35. The molecule has 92 valence electrons. The van der Waals surface area contributed by atoms with E-state index in [9.17, 15) is 5.26 Å². The molecule has 0 aliphatic heterocycles. The molecule has 4 nitrogen and oxygen atoms in total. The maximum Gasteiger partial charge on any atom is 0.125 e. The Morgan fingerprint density at radius 3 is 2.89 bits per heavy atom. The van der Waals surface area contributed by atoms with Crippen molar-refractivity contribution in [3.05, 3.63) is 30.1 Å². The Labute approximate surface area is 106 Å². The molecule has 0 spiro atoms. The number of rotatable bonds is 3. The van der Waals surface area contributed by atoms with Crippen molar-refractivity contribution in [2.75, 3.05) is 0 Å². The summed E-state index contributed by atoms with van der Waals surface area (Å²) in [5.41, 5.74) is 7.51. The van der Waals surface area contributed by atoms with Gasteiger partial charge in [-0.3, -0.25) is 0 Å². The zero-order chi connectivity index (χ0) is 12.8. The second-order valence-corrected chi connectivity index (χ2v) is 5.16. The number of benzene rings is 1. The van der Waals surface area contributed by atoms with Crippen molar-refractivity contribution in [3.8, 4) is 6.07 Å². The van der Waals surface area contributed by atoms with Crippen LogP contribution in [0.1, 0.15) is 18.7 Å². The molecule has 2 aromatic rings. The molecule has 3 rings (SSSR count). The molecule has 1 aliphatic rings. The molecule has 1 aromatic heterocycles. The van der Waals surface area contributed by atoms with Crippen LogP contribution in [0.15, 0.2) is 24.3 Å². The number of hydrogen-bond donors (Lipinski definition) is 1. The molecule has 1 unspecified atom stereocenters. The Morgan fingerprint density at radius 2 is 2.22 bits per heavy atom. The molecular weight excluding hydrogens is 224 g/mol. The standard InChI is InChI=1S/C14H16N4/c1-10-17-12-4-2-3-5-13(12)18(10)9-14(16,8-15)11-6-7-11/h2-5,11H,6-7,9,16H2,1H3. The van der Waals surface area contributed by atoms with E-state index in [2.05, 4.69) is 15.6 Å². The number of hydrogen-bond acceptors (Lipinski definition) is 3. The van der Waals surface area contributed by atoms with E-state index in [1.807, 2.05) is 31.2 Å². The molecule has 1 aromatic carbocycles. The van der Waals surface area contributed by atoms with Gasteiger partial charge in [0.15, 0.2) is 0 Å². The lowest BCUT2D eigenvalue weighted by Crippen LogP contribution is -2.45. The van der Waals surface area contributed by atoms with Gasteiger partial charge in [-0.1, -0.05) is 12.1 Å². The van der Waals surface area contributed by atoms with Crippen LogP contribution in [-0.4, -0.2) is 15.1 Å². The van der Waals surface area contributed by atoms with Crippen molar-refractivity contribution >= 4 is 11.0 Å². The first-order valence-corrected chi connectivity index (χ1v) is 6.26. The minimum atomic E-state index is -0.756. The normalized spacial score (nSPS) is 18.5. The lowest BCUT2D eigenvalue weighted by Gasteiger charge is -2.22. The van der Waals surface area contributed by atoms with E-state index in [4.69, 9.17) is 5.73 Å². The summed E-state index contributed by atoms with van der Waals surface area (Å²) in [4.78, 5) is 4.51. The van der Waals surface area contributed by atoms with E-state index in [-0.39, 0.29) is 0 Å². The SMILES string of the molecule is Cc1nc2ccccc2n1CC(N)(C#N)C1CC1. The van der Waals surface area contributed by atoms with Gasteiger partial charge in [0.05, 0.1) is 23.6 Å². The molecule has 2 N–H and O–H groups in total. The molecule has 0 saturated heterocycles. The van der Waals surface area contributed by atoms with Crippen LogP contribution in [-0.2, 0) is 6.54 Å². The highest BCUT2D eigenvalue weighted by Crippen LogP contribution is 2.39. The number of nitrogens with zero attached hydrogens (tertiary/aromatic N) is 3. The van der Waals surface area contributed by atoms with Crippen LogP contribution in [0.3, 0.4) is 0 Å². The highest BCUT2D eigenvalue weighted by molar-refractivity contribution is 5.75. The van der Waals surface area contributed by atoms with Crippen LogP contribution >= 0.6 is 0 Å². The summed E-state index contributed by atoms with van der Waals surface area (Å²) in [5.74, 6) is 1.25. The van der Waals surface area contributed by atoms with Gasteiger partial charge < -0.3 is 10.3 Å². The highest BCUT2D eigenvalue weighted by Gasteiger charge is 2.43. The van der Waals surface area contributed by atoms with Crippen molar-refractivity contribution in [2.24, 2.45) is 11.7 Å². The summed E-state index contributed by atoms with van der Waals surface area (Å²) < 4.78 is 2.07. The average molecular weight is 240 g/mol. The Balaban J connectivity index is 2.04. The van der Waals surface area contributed by atoms with Gasteiger partial charge in [0, 0.05) is 0 Å². The Morgan fingerprint density at radius 1 is 1.50 bits per heavy atom. The van der Waals surface area contributed by atoms with Crippen molar-refractivity contribution in [1.29, 1.82) is 5.26 Å². The summed E-state index contributed by atoms with van der Waals surface area (Å²) in [7, 11) is 0. The number of nitrogens with two attached hydrogens (primary N) is 1. The van der Waals surface area contributed by atoms with Crippen molar-refractivity contribution in [3.63, 3.8) is 0 Å². The maximum atomic E-state index is 9.35. The first-order chi connectivity index (χ1) is 8.64. The fourth-order valence-electron chi connectivity index (χ4n) is 2.51. The van der Waals surface area contributed by atoms with Gasteiger partial charge in [-0.2, -0.15) is 5.26 Å². The van der Waals surface area contributed by atoms with Gasteiger partial charge in [0.25, 0.3) is 0 Å². The molecule has 1 fully saturated rings. The lowest BCUT2D eigenvalue weighted by molar-refractivity contribution is 0.406. The molecule has 4 heteroatoms. The van der Waals surface area contributed by atoms with E-state index in [0.717, 1.165) is 29.7 Å². The summed E-state index contributed by atoms with van der Waals surface area (Å²) >= 11 is 0. The van der Waals surface area contributed by atoms with Gasteiger partial charge in [-0.25, -0.2) is 4.98 Å². The third-order valence-electron chi connectivity index (χ3n) is 3.78. The summed E-state index contributed by atoms with van der Waals surface area (Å²) in [6, 6.07) is 10.3. The molecular formula is C14H16N4. The fraction of sp³-hybridized carbons (Fsp3) is 0.429. The zero-order valence-corrected chi connectivity index (χ0v) is 10.4. The predicted molar refractivity (Wildman–Crippen MR) is 69.7 cm³/mol. The Bertz CT molecular complexity index is 633. The monoisotopic (exact) mass is 240 g/mol. The molecule has 18 heavy (non-hydrogen) atoms. The number of para-hydroxylation sites is 2. The minimum absolute atomic E-state index is 0.336. The fourth-order valence-corrected chi connectivity index (χ4v) is 2.51. The number of imidazole rings is 1. The molecule has 0 radical (unpaired) electrons. The summed E-state index contributed by atoms with van der Waals surface area (Å²) in [6.07, 6.45) is 2.13. The number of fused-ring (bicyclic) bond motifs is 1. The number of aromatic nitrogens is 2. The van der Waals surface area contributed by atoms with Gasteiger partial charge in [0.1, 0.15) is 11.4 Å². The number of nitriles is 1. The molecule has 0 amide bonds. The Kier molecular flexibility index (Phi) is 2.39. The van der Waals surface area contributed by atoms with Crippen LogP contribution in [0.25, 0.3) is 11.0 Å². The quantitative estimate of drug-likeness (QED) is 0.891. The summed E-state index contributed by atoms with van der Waals surface area (Å²) in [6.45, 7) is 2.49. The van der Waals surface area contributed by atoms with Gasteiger partial charge in [-0.05, 0) is 37.8 Å². The topological polar surface area (TPSA) is 67.6 Å². The van der Waals surface area contributed by atoms with E-state index >= 15 is 0 Å². The largest absolute Gasteiger partial charge is 0.325 e. The predicted octanol–water partition coefficient (Wildman–Crippen LogP) is 1.98. The molecule has 1 saturated carbocycles. The van der Waals surface area contributed by atoms with Gasteiger partial charge in [-0.15, -0.1) is 0 Å². The van der Waals surface area contributed by atoms with Crippen molar-refractivity contribution < 1.29 is 0 Å². The Hall–Kier alpha value is -1.86. The van der Waals surface area contributed by atoms with Crippen molar-refractivity contribution in [2.45, 2.75) is 31.8 Å². The van der Waals surface area contributed by atoms with Crippen LogP contribution in [0.4, 0.5) is 0 Å². The first-order valence-electron chi connectivity index (χ1n) is 6.26. The molecule has 0 bridgehead atoms. The average Bonchev–Trinajstić information content (AvgIpc) is 3.17. The van der Waals surface area contributed by atoms with E-state index in [1.54, 1.807) is 0 Å². The van der Waals surface area contributed by atoms with Crippen LogP contribution in [0.2, 0.25) is 0 Å². The molecule has 1 atom stereocenters. The lowest BCUT2D eigenvalue weighted by atomic mass is 9.96. The van der Waals surface area contributed by atoms with Crippen LogP contribution in [0.5, 0.6) is 0 Å². The third kappa shape index (κ3) is 1.68. The van der Waals surface area contributed by atoms with Gasteiger partial charge >= 0.3 is 0 Å². The van der Waals surface area contributed by atoms with Gasteiger partial charge in [0.2, 0.25) is 0 Å². The second kappa shape index (κ2) is 3.82. The maximum absolute atomic E-state index is 9.35. The van der Waals surface area contributed by atoms with Crippen molar-refractivity contribution in [1.82, 2.24) is 9.55 Å². The molecule has 1 heterocycles. The van der Waals surface area contributed by atoms with Crippen LogP contribution < -0.4 is 5.73 Å². The van der Waals surface area contributed by atoms with Crippen LogP contribution in [0, 0.1) is 24.2 Å². The second-order valence-electron chi connectivity index (χ2n) is 5.16. The third-order valence-corrected chi connectivity index (χ3v) is 3.78. The zero-order valence-electron chi connectivity index (χ0n) is 10.4. The number of aryl methyl sites for hydroxylation is 1. The minimum Gasteiger partial charge on any atom is -0.325 e. The van der Waals surface area contributed by atoms with E-state index < -0.39 is 5.54 Å². The van der Waals surface area contributed by atoms with E-state index in [1.165, 1.54) is 0 Å². The smallest absolute Gasteiger partial charge is 0.125 e. The van der Waals surface area contributed by atoms with E-state index in [0.29, 0.717) is 12.5 Å². The first kappa shape index (κ1) is 11.2. The highest BCUT2D eigenvalue weighted by atomic mass is 15.1. The molecule has 1 aliphatic carbocycles.